The Labute approximate surface area is 141 Å². The van der Waals surface area contributed by atoms with Crippen LogP contribution in [0.25, 0.3) is 0 Å². The molecule has 5 nitrogen and oxygen atoms in total. The zero-order valence-electron chi connectivity index (χ0n) is 14.2. The lowest BCUT2D eigenvalue weighted by atomic mass is 9.97. The molecule has 126 valence electrons. The second-order valence-electron chi connectivity index (χ2n) is 6.54. The second kappa shape index (κ2) is 7.10. The molecule has 6 heteroatoms. The normalized spacial score (nSPS) is 18.5. The van der Waals surface area contributed by atoms with E-state index < -0.39 is 0 Å². The van der Waals surface area contributed by atoms with Crippen molar-refractivity contribution in [2.75, 3.05) is 13.1 Å². The molecule has 1 atom stereocenters. The monoisotopic (exact) mass is 327 g/mol. The molecule has 3 rings (SSSR count). The number of rotatable bonds is 4. The van der Waals surface area contributed by atoms with Crippen LogP contribution in [-0.2, 0) is 13.1 Å². The Kier molecular flexibility index (Phi) is 4.91. The Hall–Kier alpha value is -2.26. The number of hydrogen-bond acceptors (Lipinski definition) is 4. The lowest BCUT2D eigenvalue weighted by molar-refractivity contribution is 0.152. The highest BCUT2D eigenvalue weighted by Crippen LogP contribution is 2.22. The fourth-order valence-corrected chi connectivity index (χ4v) is 3.45. The van der Waals surface area contributed by atoms with E-state index >= 15 is 0 Å². The average Bonchev–Trinajstić information content (AvgIpc) is 2.87. The molecule has 1 saturated heterocycles. The highest BCUT2D eigenvalue weighted by Gasteiger charge is 2.22. The number of benzene rings is 1. The molecule has 0 N–H and O–H groups in total. The smallest absolute Gasteiger partial charge is 0.147 e. The predicted octanol–water partition coefficient (Wildman–Crippen LogP) is 2.82. The third-order valence-corrected chi connectivity index (χ3v) is 4.58. The number of aromatic nitrogens is 3. The molecule has 0 spiro atoms. The summed E-state index contributed by atoms with van der Waals surface area (Å²) in [6.07, 6.45) is 2.30. The van der Waals surface area contributed by atoms with Crippen LogP contribution in [0.4, 0.5) is 4.39 Å². The third kappa shape index (κ3) is 3.80. The molecule has 1 unspecified atom stereocenters. The fourth-order valence-electron chi connectivity index (χ4n) is 3.45. The van der Waals surface area contributed by atoms with Crippen molar-refractivity contribution in [2.24, 2.45) is 5.92 Å². The van der Waals surface area contributed by atoms with Crippen molar-refractivity contribution in [1.82, 2.24) is 19.7 Å². The molecule has 2 aromatic rings. The van der Waals surface area contributed by atoms with Gasteiger partial charge in [-0.15, -0.1) is 0 Å². The number of hydrogen-bond donors (Lipinski definition) is 0. The van der Waals surface area contributed by atoms with Gasteiger partial charge in [0.25, 0.3) is 0 Å². The summed E-state index contributed by atoms with van der Waals surface area (Å²) < 4.78 is 15.3. The first-order valence-corrected chi connectivity index (χ1v) is 8.34. The Balaban J connectivity index is 1.66. The first-order chi connectivity index (χ1) is 11.5. The van der Waals surface area contributed by atoms with Crippen LogP contribution in [0.5, 0.6) is 0 Å². The molecular weight excluding hydrogens is 305 g/mol. The van der Waals surface area contributed by atoms with Crippen LogP contribution in [0.15, 0.2) is 18.2 Å². The van der Waals surface area contributed by atoms with E-state index in [1.54, 1.807) is 6.07 Å². The van der Waals surface area contributed by atoms with Gasteiger partial charge < -0.3 is 0 Å². The Morgan fingerprint density at radius 2 is 2.21 bits per heavy atom. The Morgan fingerprint density at radius 1 is 1.38 bits per heavy atom. The first kappa shape index (κ1) is 16.6. The van der Waals surface area contributed by atoms with E-state index in [2.05, 4.69) is 21.1 Å². The molecular formula is C18H22FN5. The van der Waals surface area contributed by atoms with E-state index in [0.29, 0.717) is 18.0 Å². The van der Waals surface area contributed by atoms with Gasteiger partial charge in [-0.1, -0.05) is 6.07 Å². The molecule has 24 heavy (non-hydrogen) atoms. The SMILES string of the molecule is Cc1nc(C)n(CC2CCCN(Cc3ccc(F)cc3C#N)C2)n1. The van der Waals surface area contributed by atoms with E-state index in [9.17, 15) is 9.65 Å². The highest BCUT2D eigenvalue weighted by atomic mass is 19.1. The summed E-state index contributed by atoms with van der Waals surface area (Å²) in [7, 11) is 0. The third-order valence-electron chi connectivity index (χ3n) is 4.58. The molecule has 1 aliphatic rings. The first-order valence-electron chi connectivity index (χ1n) is 8.34. The molecule has 0 bridgehead atoms. The minimum Gasteiger partial charge on any atom is -0.299 e. The maximum absolute atomic E-state index is 13.3. The Morgan fingerprint density at radius 3 is 2.92 bits per heavy atom. The maximum atomic E-state index is 13.3. The molecule has 1 aromatic carbocycles. The summed E-state index contributed by atoms with van der Waals surface area (Å²) >= 11 is 0. The van der Waals surface area contributed by atoms with Crippen LogP contribution >= 0.6 is 0 Å². The fraction of sp³-hybridized carbons (Fsp3) is 0.500. The van der Waals surface area contributed by atoms with Gasteiger partial charge in [0.05, 0.1) is 11.6 Å². The zero-order chi connectivity index (χ0) is 17.1. The van der Waals surface area contributed by atoms with Crippen molar-refractivity contribution >= 4 is 0 Å². The summed E-state index contributed by atoms with van der Waals surface area (Å²) in [5, 5.41) is 13.7. The van der Waals surface area contributed by atoms with Crippen LogP contribution in [0.1, 0.15) is 35.6 Å². The number of likely N-dealkylation sites (tertiary alicyclic amines) is 1. The van der Waals surface area contributed by atoms with Gasteiger partial charge in [0.1, 0.15) is 17.5 Å². The van der Waals surface area contributed by atoms with Crippen LogP contribution in [0, 0.1) is 36.9 Å². The van der Waals surface area contributed by atoms with Crippen LogP contribution in [0.2, 0.25) is 0 Å². The summed E-state index contributed by atoms with van der Waals surface area (Å²) in [6.45, 7) is 7.42. The molecule has 1 fully saturated rings. The summed E-state index contributed by atoms with van der Waals surface area (Å²) in [4.78, 5) is 6.71. The van der Waals surface area contributed by atoms with Crippen LogP contribution in [-0.4, -0.2) is 32.8 Å². The van der Waals surface area contributed by atoms with Crippen LogP contribution in [0.3, 0.4) is 0 Å². The van der Waals surface area contributed by atoms with Crippen LogP contribution < -0.4 is 0 Å². The van der Waals surface area contributed by atoms with Gasteiger partial charge in [-0.05, 0) is 56.8 Å². The van der Waals surface area contributed by atoms with E-state index in [0.717, 1.165) is 43.3 Å². The van der Waals surface area contributed by atoms with Crippen molar-refractivity contribution < 1.29 is 4.39 Å². The lowest BCUT2D eigenvalue weighted by Crippen LogP contribution is -2.37. The minimum atomic E-state index is -0.358. The molecule has 0 amide bonds. The minimum absolute atomic E-state index is 0.358. The molecule has 1 aromatic heterocycles. The van der Waals surface area contributed by atoms with E-state index in [4.69, 9.17) is 0 Å². The molecule has 2 heterocycles. The van der Waals surface area contributed by atoms with Gasteiger partial charge in [0, 0.05) is 19.6 Å². The second-order valence-corrected chi connectivity index (χ2v) is 6.54. The largest absolute Gasteiger partial charge is 0.299 e. The van der Waals surface area contributed by atoms with Gasteiger partial charge >= 0.3 is 0 Å². The van der Waals surface area contributed by atoms with Crippen molar-refractivity contribution in [3.63, 3.8) is 0 Å². The number of nitrogens with zero attached hydrogens (tertiary/aromatic N) is 5. The standard InChI is InChI=1S/C18H22FN5/c1-13-21-14(2)24(22-13)11-15-4-3-7-23(10-15)12-16-5-6-18(19)8-17(16)9-20/h5-6,8,15H,3-4,7,10-12H2,1-2H3. The van der Waals surface area contributed by atoms with E-state index in [-0.39, 0.29) is 5.82 Å². The number of nitriles is 1. The van der Waals surface area contributed by atoms with E-state index in [1.807, 2.05) is 18.5 Å². The summed E-state index contributed by atoms with van der Waals surface area (Å²) in [6, 6.07) is 6.57. The van der Waals surface area contributed by atoms with Crippen molar-refractivity contribution in [3.8, 4) is 6.07 Å². The van der Waals surface area contributed by atoms with Crippen molar-refractivity contribution in [3.05, 3.63) is 46.8 Å². The quantitative estimate of drug-likeness (QED) is 0.866. The van der Waals surface area contributed by atoms with Gasteiger partial charge in [0.15, 0.2) is 0 Å². The van der Waals surface area contributed by atoms with Gasteiger partial charge in [0.2, 0.25) is 0 Å². The van der Waals surface area contributed by atoms with Gasteiger partial charge in [-0.2, -0.15) is 10.4 Å². The predicted molar refractivity (Wildman–Crippen MR) is 88.6 cm³/mol. The highest BCUT2D eigenvalue weighted by molar-refractivity contribution is 5.37. The van der Waals surface area contributed by atoms with Crippen molar-refractivity contribution in [1.29, 1.82) is 5.26 Å². The zero-order valence-corrected chi connectivity index (χ0v) is 14.2. The molecule has 0 radical (unpaired) electrons. The maximum Gasteiger partial charge on any atom is 0.147 e. The van der Waals surface area contributed by atoms with Crippen molar-refractivity contribution in [2.45, 2.75) is 39.8 Å². The van der Waals surface area contributed by atoms with Gasteiger partial charge in [-0.3, -0.25) is 4.90 Å². The molecule has 1 aliphatic heterocycles. The topological polar surface area (TPSA) is 57.7 Å². The van der Waals surface area contributed by atoms with Gasteiger partial charge in [-0.25, -0.2) is 14.1 Å². The number of aryl methyl sites for hydroxylation is 2. The molecule has 0 aliphatic carbocycles. The lowest BCUT2D eigenvalue weighted by Gasteiger charge is -2.33. The summed E-state index contributed by atoms with van der Waals surface area (Å²) in [5.74, 6) is 1.92. The number of halogens is 1. The average molecular weight is 327 g/mol. The summed E-state index contributed by atoms with van der Waals surface area (Å²) in [5.41, 5.74) is 1.33. The number of piperidine rings is 1. The molecule has 0 saturated carbocycles. The Bertz CT molecular complexity index is 761. The van der Waals surface area contributed by atoms with E-state index in [1.165, 1.54) is 18.6 Å².